The number of fused-ring (bicyclic) bond motifs is 1. The fourth-order valence-corrected chi connectivity index (χ4v) is 3.36. The van der Waals surface area contributed by atoms with Crippen LogP contribution in [0.1, 0.15) is 44.0 Å². The van der Waals surface area contributed by atoms with Gasteiger partial charge in [-0.3, -0.25) is 4.79 Å². The molecule has 0 unspecified atom stereocenters. The summed E-state index contributed by atoms with van der Waals surface area (Å²) in [6, 6.07) is 4.57. The molecule has 1 aliphatic carbocycles. The maximum Gasteiger partial charge on any atom is 0.226 e. The van der Waals surface area contributed by atoms with E-state index in [1.54, 1.807) is 6.07 Å². The molecule has 21 heavy (non-hydrogen) atoms. The molecule has 1 amide bonds. The Balaban J connectivity index is 1.64. The highest BCUT2D eigenvalue weighted by molar-refractivity contribution is 5.80. The number of carbonyl (C=O) groups is 1. The van der Waals surface area contributed by atoms with Crippen molar-refractivity contribution in [3.8, 4) is 0 Å². The van der Waals surface area contributed by atoms with Crippen molar-refractivity contribution in [1.82, 2.24) is 14.9 Å². The first-order valence-electron chi connectivity index (χ1n) is 7.68. The van der Waals surface area contributed by atoms with E-state index in [0.29, 0.717) is 5.52 Å². The summed E-state index contributed by atoms with van der Waals surface area (Å²) in [4.78, 5) is 22.2. The molecule has 0 radical (unpaired) electrons. The van der Waals surface area contributed by atoms with Crippen LogP contribution in [0.3, 0.4) is 0 Å². The van der Waals surface area contributed by atoms with Gasteiger partial charge in [-0.05, 0) is 43.9 Å². The zero-order valence-corrected chi connectivity index (χ0v) is 11.8. The van der Waals surface area contributed by atoms with Gasteiger partial charge >= 0.3 is 0 Å². The minimum Gasteiger partial charge on any atom is -0.340 e. The Labute approximate surface area is 122 Å². The van der Waals surface area contributed by atoms with E-state index in [9.17, 15) is 9.18 Å². The number of halogens is 1. The number of likely N-dealkylation sites (tertiary alicyclic amines) is 1. The summed E-state index contributed by atoms with van der Waals surface area (Å²) in [7, 11) is 0. The van der Waals surface area contributed by atoms with Gasteiger partial charge < -0.3 is 9.88 Å². The van der Waals surface area contributed by atoms with Gasteiger partial charge in [0.25, 0.3) is 0 Å². The second-order valence-electron chi connectivity index (χ2n) is 6.10. The van der Waals surface area contributed by atoms with Crippen molar-refractivity contribution in [1.29, 1.82) is 0 Å². The molecule has 1 aromatic carbocycles. The summed E-state index contributed by atoms with van der Waals surface area (Å²) < 4.78 is 13.3. The van der Waals surface area contributed by atoms with Crippen LogP contribution >= 0.6 is 0 Å². The molecule has 0 spiro atoms. The molecule has 2 aliphatic rings. The lowest BCUT2D eigenvalue weighted by molar-refractivity contribution is -0.139. The van der Waals surface area contributed by atoms with Crippen molar-refractivity contribution in [2.45, 2.75) is 38.1 Å². The second kappa shape index (κ2) is 4.83. The molecule has 1 atom stereocenters. The first-order chi connectivity index (χ1) is 10.2. The normalized spacial score (nSPS) is 22.7. The fraction of sp³-hybridized carbons (Fsp3) is 0.500. The Bertz CT molecular complexity index is 692. The molecule has 1 N–H and O–H groups in total. The molecule has 2 aromatic rings. The van der Waals surface area contributed by atoms with Crippen LogP contribution < -0.4 is 0 Å². The van der Waals surface area contributed by atoms with Crippen molar-refractivity contribution in [3.05, 3.63) is 29.8 Å². The van der Waals surface area contributed by atoms with E-state index in [-0.39, 0.29) is 23.7 Å². The van der Waals surface area contributed by atoms with Crippen LogP contribution in [-0.4, -0.2) is 27.3 Å². The van der Waals surface area contributed by atoms with Gasteiger partial charge in [-0.15, -0.1) is 0 Å². The number of amides is 1. The van der Waals surface area contributed by atoms with Gasteiger partial charge in [0.1, 0.15) is 11.6 Å². The smallest absolute Gasteiger partial charge is 0.226 e. The highest BCUT2D eigenvalue weighted by atomic mass is 19.1. The number of hydrogen-bond acceptors (Lipinski definition) is 2. The number of rotatable bonds is 2. The van der Waals surface area contributed by atoms with Gasteiger partial charge in [0, 0.05) is 12.5 Å². The number of nitrogens with one attached hydrogen (secondary N) is 1. The van der Waals surface area contributed by atoms with Crippen molar-refractivity contribution >= 4 is 16.9 Å². The van der Waals surface area contributed by atoms with Gasteiger partial charge in [-0.2, -0.15) is 0 Å². The van der Waals surface area contributed by atoms with E-state index < -0.39 is 0 Å². The molecule has 4 nitrogen and oxygen atoms in total. The molecular weight excluding hydrogens is 269 g/mol. The maximum atomic E-state index is 13.3. The van der Waals surface area contributed by atoms with Crippen LogP contribution in [0.25, 0.3) is 11.0 Å². The molecule has 2 heterocycles. The van der Waals surface area contributed by atoms with Gasteiger partial charge in [0.05, 0.1) is 17.1 Å². The topological polar surface area (TPSA) is 49.0 Å². The predicted octanol–water partition coefficient (Wildman–Crippen LogP) is 3.17. The molecule has 2 fully saturated rings. The summed E-state index contributed by atoms with van der Waals surface area (Å²) in [5.41, 5.74) is 1.46. The predicted molar refractivity (Wildman–Crippen MR) is 77.1 cm³/mol. The number of benzene rings is 1. The van der Waals surface area contributed by atoms with Crippen LogP contribution in [0.4, 0.5) is 4.39 Å². The zero-order chi connectivity index (χ0) is 14.4. The Morgan fingerprint density at radius 1 is 1.29 bits per heavy atom. The molecule has 1 aliphatic heterocycles. The number of carbonyl (C=O) groups excluding carboxylic acids is 1. The summed E-state index contributed by atoms with van der Waals surface area (Å²) in [5.74, 6) is 1.01. The maximum absolute atomic E-state index is 13.3. The van der Waals surface area contributed by atoms with Gasteiger partial charge in [-0.25, -0.2) is 9.37 Å². The Hall–Kier alpha value is -1.91. The minimum absolute atomic E-state index is 0.0218. The van der Waals surface area contributed by atoms with Gasteiger partial charge in [-0.1, -0.05) is 6.42 Å². The van der Waals surface area contributed by atoms with E-state index in [1.807, 2.05) is 4.90 Å². The molecule has 1 saturated heterocycles. The average molecular weight is 287 g/mol. The number of hydrogen-bond donors (Lipinski definition) is 1. The highest BCUT2D eigenvalue weighted by Crippen LogP contribution is 2.36. The SMILES string of the molecule is O=C(C1CCC1)N1CCC[C@H]1c1nc2ccc(F)cc2[nH]1. The third kappa shape index (κ3) is 2.11. The van der Waals surface area contributed by atoms with E-state index >= 15 is 0 Å². The fourth-order valence-electron chi connectivity index (χ4n) is 3.36. The van der Waals surface area contributed by atoms with Crippen LogP contribution in [0.15, 0.2) is 18.2 Å². The van der Waals surface area contributed by atoms with Crippen LogP contribution in [-0.2, 0) is 4.79 Å². The minimum atomic E-state index is -0.272. The van der Waals surface area contributed by atoms with Crippen molar-refractivity contribution < 1.29 is 9.18 Å². The summed E-state index contributed by atoms with van der Waals surface area (Å²) in [6.45, 7) is 0.811. The van der Waals surface area contributed by atoms with E-state index in [4.69, 9.17) is 0 Å². The zero-order valence-electron chi connectivity index (χ0n) is 11.8. The number of H-pyrrole nitrogens is 1. The van der Waals surface area contributed by atoms with Gasteiger partial charge in [0.2, 0.25) is 5.91 Å². The second-order valence-corrected chi connectivity index (χ2v) is 6.10. The summed E-state index contributed by atoms with van der Waals surface area (Å²) >= 11 is 0. The van der Waals surface area contributed by atoms with Crippen molar-refractivity contribution in [2.75, 3.05) is 6.54 Å². The number of nitrogens with zero attached hydrogens (tertiary/aromatic N) is 2. The third-order valence-corrected chi connectivity index (χ3v) is 4.77. The van der Waals surface area contributed by atoms with E-state index in [2.05, 4.69) is 9.97 Å². The third-order valence-electron chi connectivity index (χ3n) is 4.77. The Morgan fingerprint density at radius 2 is 2.14 bits per heavy atom. The molecule has 4 rings (SSSR count). The first kappa shape index (κ1) is 12.8. The number of aromatic nitrogens is 2. The molecular formula is C16H18FN3O. The summed E-state index contributed by atoms with van der Waals surface area (Å²) in [5, 5.41) is 0. The number of aromatic amines is 1. The lowest BCUT2D eigenvalue weighted by atomic mass is 9.84. The van der Waals surface area contributed by atoms with E-state index in [1.165, 1.54) is 18.6 Å². The monoisotopic (exact) mass is 287 g/mol. The lowest BCUT2D eigenvalue weighted by Crippen LogP contribution is -2.38. The average Bonchev–Trinajstić information content (AvgIpc) is 3.01. The largest absolute Gasteiger partial charge is 0.340 e. The van der Waals surface area contributed by atoms with Crippen LogP contribution in [0, 0.1) is 11.7 Å². The van der Waals surface area contributed by atoms with E-state index in [0.717, 1.165) is 43.6 Å². The highest BCUT2D eigenvalue weighted by Gasteiger charge is 2.37. The lowest BCUT2D eigenvalue weighted by Gasteiger charge is -2.32. The van der Waals surface area contributed by atoms with Crippen LogP contribution in [0.2, 0.25) is 0 Å². The summed E-state index contributed by atoms with van der Waals surface area (Å²) in [6.07, 6.45) is 5.15. The van der Waals surface area contributed by atoms with Crippen molar-refractivity contribution in [3.63, 3.8) is 0 Å². The first-order valence-corrected chi connectivity index (χ1v) is 7.68. The molecule has 0 bridgehead atoms. The molecule has 1 saturated carbocycles. The Kier molecular flexibility index (Phi) is 2.94. The standard InChI is InChI=1S/C16H18FN3O/c17-11-6-7-12-13(9-11)19-15(18-12)14-5-2-8-20(14)16(21)10-3-1-4-10/h6-7,9-10,14H,1-5,8H2,(H,18,19)/t14-/m0/s1. The molecule has 5 heteroatoms. The van der Waals surface area contributed by atoms with Crippen LogP contribution in [0.5, 0.6) is 0 Å². The van der Waals surface area contributed by atoms with Gasteiger partial charge in [0.15, 0.2) is 0 Å². The van der Waals surface area contributed by atoms with Crippen molar-refractivity contribution in [2.24, 2.45) is 5.92 Å². The molecule has 110 valence electrons. The Morgan fingerprint density at radius 3 is 2.90 bits per heavy atom. The quantitative estimate of drug-likeness (QED) is 0.922. The molecule has 1 aromatic heterocycles. The number of imidazole rings is 1.